The van der Waals surface area contributed by atoms with Crippen molar-refractivity contribution < 1.29 is 22.7 Å². The summed E-state index contributed by atoms with van der Waals surface area (Å²) in [6.45, 7) is 5.09. The van der Waals surface area contributed by atoms with E-state index in [2.05, 4.69) is 20.3 Å². The van der Waals surface area contributed by atoms with E-state index < -0.39 is 26.0 Å². The highest BCUT2D eigenvalue weighted by molar-refractivity contribution is 7.93. The molecule has 11 heteroatoms. The van der Waals surface area contributed by atoms with Crippen molar-refractivity contribution in [3.63, 3.8) is 0 Å². The largest absolute Gasteiger partial charge is 0.493 e. The van der Waals surface area contributed by atoms with Gasteiger partial charge >= 0.3 is 0 Å². The summed E-state index contributed by atoms with van der Waals surface area (Å²) >= 11 is 0. The number of hydrogen-bond donors (Lipinski definition) is 2. The highest BCUT2D eigenvalue weighted by Crippen LogP contribution is 2.46. The summed E-state index contributed by atoms with van der Waals surface area (Å²) < 4.78 is 35.6. The average Bonchev–Trinajstić information content (AvgIpc) is 2.72. The molecule has 1 aromatic carbocycles. The molecule has 10 nitrogen and oxygen atoms in total. The van der Waals surface area contributed by atoms with Gasteiger partial charge in [-0.1, -0.05) is 0 Å². The van der Waals surface area contributed by atoms with Gasteiger partial charge in [-0.3, -0.25) is 9.79 Å². The number of amides is 1. The molecule has 1 amide bonds. The first-order valence-corrected chi connectivity index (χ1v) is 11.7. The quantitative estimate of drug-likeness (QED) is 0.704. The van der Waals surface area contributed by atoms with E-state index in [9.17, 15) is 13.2 Å². The third kappa shape index (κ3) is 3.46. The molecule has 3 N–H and O–H groups in total. The molecule has 0 fully saturated rings. The van der Waals surface area contributed by atoms with E-state index >= 15 is 0 Å². The monoisotopic (exact) mass is 459 g/mol. The zero-order valence-electron chi connectivity index (χ0n) is 18.3. The van der Waals surface area contributed by atoms with Gasteiger partial charge in [-0.15, -0.1) is 0 Å². The Morgan fingerprint density at radius 1 is 1.31 bits per heavy atom. The van der Waals surface area contributed by atoms with Gasteiger partial charge in [0.05, 0.1) is 31.4 Å². The van der Waals surface area contributed by atoms with Gasteiger partial charge in [0.15, 0.2) is 9.84 Å². The van der Waals surface area contributed by atoms with Crippen molar-refractivity contribution in [2.24, 2.45) is 10.7 Å². The van der Waals surface area contributed by atoms with Gasteiger partial charge in [-0.25, -0.2) is 18.4 Å². The number of carbonyl (C=O) groups is 1. The number of anilines is 1. The number of amidine groups is 1. The Hall–Kier alpha value is -3.21. The lowest BCUT2D eigenvalue weighted by Crippen LogP contribution is -2.56. The fourth-order valence-electron chi connectivity index (χ4n) is 3.85. The first kappa shape index (κ1) is 22.0. The number of benzene rings is 1. The van der Waals surface area contributed by atoms with Gasteiger partial charge < -0.3 is 20.5 Å². The fraction of sp³-hybridized carbons (Fsp3) is 0.429. The van der Waals surface area contributed by atoms with Crippen LogP contribution in [0.2, 0.25) is 0 Å². The zero-order valence-corrected chi connectivity index (χ0v) is 19.1. The van der Waals surface area contributed by atoms with Crippen molar-refractivity contribution >= 4 is 27.3 Å². The van der Waals surface area contributed by atoms with Crippen molar-refractivity contribution in [1.82, 2.24) is 9.97 Å². The standard InChI is InChI=1S/C21H25N5O5S/c1-12-17(23-10-16(24-12)30-4)18(27)25-13-5-6-15-14(9-13)21(7-8-31-15)11-32(28,29)20(2,3)19(22)26-21/h5-6,9-10H,7-8,11H2,1-4H3,(H2,22,26)(H,25,27). The van der Waals surface area contributed by atoms with Crippen LogP contribution >= 0.6 is 0 Å². The maximum Gasteiger partial charge on any atom is 0.276 e. The van der Waals surface area contributed by atoms with Gasteiger partial charge in [0, 0.05) is 17.7 Å². The molecular weight excluding hydrogens is 434 g/mol. The molecule has 3 heterocycles. The van der Waals surface area contributed by atoms with Gasteiger partial charge in [0.25, 0.3) is 5.91 Å². The minimum atomic E-state index is -3.58. The van der Waals surface area contributed by atoms with E-state index in [4.69, 9.17) is 15.2 Å². The number of ether oxygens (including phenoxy) is 2. The van der Waals surface area contributed by atoms with Crippen LogP contribution < -0.4 is 20.5 Å². The molecule has 0 saturated carbocycles. The van der Waals surface area contributed by atoms with Crippen LogP contribution in [-0.4, -0.2) is 54.3 Å². The molecular formula is C21H25N5O5S. The van der Waals surface area contributed by atoms with Crippen LogP contribution in [0.25, 0.3) is 0 Å². The lowest BCUT2D eigenvalue weighted by molar-refractivity contribution is 0.102. The third-order valence-electron chi connectivity index (χ3n) is 6.02. The van der Waals surface area contributed by atoms with Crippen LogP contribution in [0.4, 0.5) is 5.69 Å². The summed E-state index contributed by atoms with van der Waals surface area (Å²) in [5, 5.41) is 2.79. The molecule has 2 aliphatic rings. The fourth-order valence-corrected chi connectivity index (χ4v) is 5.57. The second-order valence-electron chi connectivity index (χ2n) is 8.41. The van der Waals surface area contributed by atoms with E-state index in [1.165, 1.54) is 13.3 Å². The van der Waals surface area contributed by atoms with Gasteiger partial charge in [-0.05, 0) is 39.0 Å². The molecule has 0 saturated heterocycles. The first-order valence-electron chi connectivity index (χ1n) is 10.0. The predicted octanol–water partition coefficient (Wildman–Crippen LogP) is 1.59. The molecule has 1 unspecified atom stereocenters. The van der Waals surface area contributed by atoms with E-state index in [1.807, 2.05) is 0 Å². The Labute approximate surface area is 186 Å². The maximum absolute atomic E-state index is 13.0. The molecule has 1 spiro atoms. The Morgan fingerprint density at radius 3 is 2.72 bits per heavy atom. The number of aryl methyl sites for hydroxylation is 1. The Morgan fingerprint density at radius 2 is 2.06 bits per heavy atom. The minimum Gasteiger partial charge on any atom is -0.493 e. The molecule has 170 valence electrons. The topological polar surface area (TPSA) is 146 Å². The average molecular weight is 460 g/mol. The highest BCUT2D eigenvalue weighted by Gasteiger charge is 2.52. The molecule has 32 heavy (non-hydrogen) atoms. The lowest BCUT2D eigenvalue weighted by atomic mass is 9.85. The predicted molar refractivity (Wildman–Crippen MR) is 119 cm³/mol. The molecule has 0 aliphatic carbocycles. The molecule has 1 aromatic heterocycles. The zero-order chi connectivity index (χ0) is 23.3. The Balaban J connectivity index is 1.72. The number of aromatic nitrogens is 2. The lowest BCUT2D eigenvalue weighted by Gasteiger charge is -2.42. The number of carbonyl (C=O) groups excluding carboxylic acids is 1. The maximum atomic E-state index is 13.0. The second-order valence-corrected chi connectivity index (χ2v) is 10.9. The Kier molecular flexibility index (Phi) is 5.11. The van der Waals surface area contributed by atoms with E-state index in [-0.39, 0.29) is 17.3 Å². The summed E-state index contributed by atoms with van der Waals surface area (Å²) in [5.74, 6) is 0.244. The number of hydrogen-bond acceptors (Lipinski definition) is 9. The van der Waals surface area contributed by atoms with E-state index in [1.54, 1.807) is 39.0 Å². The summed E-state index contributed by atoms with van der Waals surface area (Å²) in [4.78, 5) is 25.7. The van der Waals surface area contributed by atoms with E-state index in [0.29, 0.717) is 41.6 Å². The van der Waals surface area contributed by atoms with Crippen molar-refractivity contribution in [3.05, 3.63) is 41.3 Å². The van der Waals surface area contributed by atoms with Crippen LogP contribution in [0.5, 0.6) is 11.6 Å². The second kappa shape index (κ2) is 7.44. The number of sulfone groups is 1. The SMILES string of the molecule is COc1cnc(C(=O)Nc2ccc3c(c2)C2(CCO3)CS(=O)(=O)C(C)(C)C(N)=N2)c(C)n1. The molecule has 0 bridgehead atoms. The number of aliphatic imine (C=N–C) groups is 1. The number of fused-ring (bicyclic) bond motifs is 2. The van der Waals surface area contributed by atoms with Crippen LogP contribution in [0.15, 0.2) is 29.4 Å². The number of methoxy groups -OCH3 is 1. The summed E-state index contributed by atoms with van der Waals surface area (Å²) in [5.41, 5.74) is 6.64. The summed E-state index contributed by atoms with van der Waals surface area (Å²) in [6.07, 6.45) is 1.72. The number of rotatable bonds is 3. The first-order chi connectivity index (χ1) is 15.0. The molecule has 2 aromatic rings. The van der Waals surface area contributed by atoms with E-state index in [0.717, 1.165) is 0 Å². The Bertz CT molecular complexity index is 1240. The van der Waals surface area contributed by atoms with Crippen LogP contribution in [0.3, 0.4) is 0 Å². The van der Waals surface area contributed by atoms with Crippen LogP contribution in [0, 0.1) is 6.92 Å². The van der Waals surface area contributed by atoms with Crippen molar-refractivity contribution in [3.8, 4) is 11.6 Å². The van der Waals surface area contributed by atoms with Crippen LogP contribution in [0.1, 0.15) is 42.0 Å². The molecule has 2 aliphatic heterocycles. The third-order valence-corrected chi connectivity index (χ3v) is 8.64. The normalized spacial score (nSPS) is 22.9. The highest BCUT2D eigenvalue weighted by atomic mass is 32.2. The van der Waals surface area contributed by atoms with Gasteiger partial charge in [0.1, 0.15) is 27.6 Å². The number of nitrogens with two attached hydrogens (primary N) is 1. The van der Waals surface area contributed by atoms with Crippen LogP contribution in [-0.2, 0) is 15.4 Å². The number of nitrogens with zero attached hydrogens (tertiary/aromatic N) is 3. The van der Waals surface area contributed by atoms with Gasteiger partial charge in [-0.2, -0.15) is 0 Å². The molecule has 4 rings (SSSR count). The van der Waals surface area contributed by atoms with Gasteiger partial charge in [0.2, 0.25) is 5.88 Å². The summed E-state index contributed by atoms with van der Waals surface area (Å²) in [6, 6.07) is 5.05. The summed E-state index contributed by atoms with van der Waals surface area (Å²) in [7, 11) is -2.11. The van der Waals surface area contributed by atoms with Crippen molar-refractivity contribution in [1.29, 1.82) is 0 Å². The van der Waals surface area contributed by atoms with Crippen molar-refractivity contribution in [2.45, 2.75) is 37.5 Å². The molecule has 1 atom stereocenters. The smallest absolute Gasteiger partial charge is 0.276 e. The minimum absolute atomic E-state index is 0.0650. The van der Waals surface area contributed by atoms with Crippen molar-refractivity contribution in [2.75, 3.05) is 24.8 Å². The number of nitrogens with one attached hydrogen (secondary N) is 1. The molecule has 0 radical (unpaired) electrons.